The maximum Gasteiger partial charge on any atom is 0.222 e. The highest BCUT2D eigenvalue weighted by molar-refractivity contribution is 7.98. The van der Waals surface area contributed by atoms with Crippen LogP contribution in [0, 0.1) is 0 Å². The van der Waals surface area contributed by atoms with Gasteiger partial charge < -0.3 is 5.32 Å². The Kier molecular flexibility index (Phi) is 2.83. The van der Waals surface area contributed by atoms with Crippen LogP contribution in [0.3, 0.4) is 0 Å². The summed E-state index contributed by atoms with van der Waals surface area (Å²) < 4.78 is 1.83. The standard InChI is InChI=1S/C13H13N3OS/c1-9(17)14-13-11-7-18-8-12(11)15-16(13)10-5-3-2-4-6-10/h2-6H,7-8H2,1H3,(H,14,17). The molecule has 5 heteroatoms. The maximum absolute atomic E-state index is 11.3. The molecule has 0 saturated heterocycles. The summed E-state index contributed by atoms with van der Waals surface area (Å²) in [4.78, 5) is 11.3. The second-order valence-corrected chi connectivity index (χ2v) is 5.18. The molecule has 92 valence electrons. The third-order valence-electron chi connectivity index (χ3n) is 2.85. The van der Waals surface area contributed by atoms with Crippen LogP contribution in [0.2, 0.25) is 0 Å². The Bertz CT molecular complexity index is 592. The number of anilines is 1. The van der Waals surface area contributed by atoms with E-state index < -0.39 is 0 Å². The Morgan fingerprint density at radius 2 is 2.11 bits per heavy atom. The van der Waals surface area contributed by atoms with E-state index >= 15 is 0 Å². The monoisotopic (exact) mass is 259 g/mol. The Labute approximate surface area is 109 Å². The largest absolute Gasteiger partial charge is 0.311 e. The fraction of sp³-hybridized carbons (Fsp3) is 0.231. The van der Waals surface area contributed by atoms with E-state index in [1.54, 1.807) is 0 Å². The Hall–Kier alpha value is -1.75. The van der Waals surface area contributed by atoms with Crippen LogP contribution in [-0.2, 0) is 16.3 Å². The Morgan fingerprint density at radius 1 is 1.33 bits per heavy atom. The van der Waals surface area contributed by atoms with Crippen LogP contribution in [0.5, 0.6) is 0 Å². The first-order valence-electron chi connectivity index (χ1n) is 5.77. The lowest BCUT2D eigenvalue weighted by Crippen LogP contribution is -2.12. The summed E-state index contributed by atoms with van der Waals surface area (Å²) in [6.07, 6.45) is 0. The fourth-order valence-corrected chi connectivity index (χ4v) is 3.10. The molecule has 4 nitrogen and oxygen atoms in total. The average Bonchev–Trinajstić information content (AvgIpc) is 2.93. The van der Waals surface area contributed by atoms with Gasteiger partial charge in [0.1, 0.15) is 5.82 Å². The molecule has 0 aliphatic carbocycles. The highest BCUT2D eigenvalue weighted by Gasteiger charge is 2.23. The van der Waals surface area contributed by atoms with Crippen LogP contribution in [0.4, 0.5) is 5.82 Å². The van der Waals surface area contributed by atoms with Crippen LogP contribution < -0.4 is 5.32 Å². The summed E-state index contributed by atoms with van der Waals surface area (Å²) in [5, 5.41) is 7.50. The number of hydrogen-bond acceptors (Lipinski definition) is 3. The molecule has 0 atom stereocenters. The molecule has 0 radical (unpaired) electrons. The van der Waals surface area contributed by atoms with Gasteiger partial charge in [0.15, 0.2) is 0 Å². The van der Waals surface area contributed by atoms with Crippen molar-refractivity contribution in [3.05, 3.63) is 41.6 Å². The lowest BCUT2D eigenvalue weighted by molar-refractivity contribution is -0.114. The SMILES string of the molecule is CC(=O)Nc1c2c(nn1-c1ccccc1)CSC2. The van der Waals surface area contributed by atoms with Crippen molar-refractivity contribution >= 4 is 23.5 Å². The third kappa shape index (κ3) is 1.90. The van der Waals surface area contributed by atoms with E-state index in [9.17, 15) is 4.79 Å². The van der Waals surface area contributed by atoms with Gasteiger partial charge in [-0.1, -0.05) is 18.2 Å². The van der Waals surface area contributed by atoms with E-state index in [0.29, 0.717) is 0 Å². The molecule has 1 aliphatic heterocycles. The van der Waals surface area contributed by atoms with Gasteiger partial charge in [0, 0.05) is 24.0 Å². The Balaban J connectivity index is 2.12. The first-order chi connectivity index (χ1) is 8.75. The number of nitrogens with one attached hydrogen (secondary N) is 1. The number of thioether (sulfide) groups is 1. The van der Waals surface area contributed by atoms with Crippen molar-refractivity contribution in [2.45, 2.75) is 18.4 Å². The number of carbonyl (C=O) groups is 1. The molecule has 2 aromatic rings. The van der Waals surface area contributed by atoms with Gasteiger partial charge in [-0.3, -0.25) is 4.79 Å². The second kappa shape index (κ2) is 4.49. The molecule has 3 rings (SSSR count). The molecule has 0 spiro atoms. The first kappa shape index (κ1) is 11.3. The summed E-state index contributed by atoms with van der Waals surface area (Å²) in [5.74, 6) is 2.58. The van der Waals surface area contributed by atoms with Crippen molar-refractivity contribution in [2.24, 2.45) is 0 Å². The van der Waals surface area contributed by atoms with Crippen LogP contribution in [0.15, 0.2) is 30.3 Å². The lowest BCUT2D eigenvalue weighted by Gasteiger charge is -2.09. The molecule has 1 amide bonds. The van der Waals surface area contributed by atoms with Gasteiger partial charge in [0.2, 0.25) is 5.91 Å². The average molecular weight is 259 g/mol. The van der Waals surface area contributed by atoms with E-state index in [1.165, 1.54) is 6.92 Å². The predicted octanol–water partition coefficient (Wildman–Crippen LogP) is 2.58. The molecule has 1 aromatic carbocycles. The zero-order valence-corrected chi connectivity index (χ0v) is 10.8. The fourth-order valence-electron chi connectivity index (χ4n) is 2.06. The first-order valence-corrected chi connectivity index (χ1v) is 6.92. The molecular formula is C13H13N3OS. The quantitative estimate of drug-likeness (QED) is 0.901. The van der Waals surface area contributed by atoms with Gasteiger partial charge in [-0.15, -0.1) is 0 Å². The van der Waals surface area contributed by atoms with Crippen molar-refractivity contribution in [3.63, 3.8) is 0 Å². The molecule has 0 unspecified atom stereocenters. The number of aromatic nitrogens is 2. The minimum absolute atomic E-state index is 0.0632. The van der Waals surface area contributed by atoms with E-state index in [4.69, 9.17) is 0 Å². The van der Waals surface area contributed by atoms with Crippen molar-refractivity contribution in [2.75, 3.05) is 5.32 Å². The summed E-state index contributed by atoms with van der Waals surface area (Å²) in [6, 6.07) is 9.87. The summed E-state index contributed by atoms with van der Waals surface area (Å²) in [5.41, 5.74) is 3.20. The summed E-state index contributed by atoms with van der Waals surface area (Å²) >= 11 is 1.83. The molecule has 1 aliphatic rings. The van der Waals surface area contributed by atoms with Gasteiger partial charge in [-0.2, -0.15) is 16.9 Å². The van der Waals surface area contributed by atoms with Crippen LogP contribution >= 0.6 is 11.8 Å². The molecule has 1 aromatic heterocycles. The highest BCUT2D eigenvalue weighted by Crippen LogP contribution is 2.35. The van der Waals surface area contributed by atoms with Crippen molar-refractivity contribution in [3.8, 4) is 5.69 Å². The van der Waals surface area contributed by atoms with Gasteiger partial charge >= 0.3 is 0 Å². The molecule has 18 heavy (non-hydrogen) atoms. The topological polar surface area (TPSA) is 46.9 Å². The normalized spacial score (nSPS) is 13.4. The van der Waals surface area contributed by atoms with E-state index in [0.717, 1.165) is 34.3 Å². The molecule has 0 bridgehead atoms. The van der Waals surface area contributed by atoms with Crippen LogP contribution in [-0.4, -0.2) is 15.7 Å². The van der Waals surface area contributed by atoms with Crippen LogP contribution in [0.25, 0.3) is 5.69 Å². The highest BCUT2D eigenvalue weighted by atomic mass is 32.2. The predicted molar refractivity (Wildman–Crippen MR) is 72.9 cm³/mol. The van der Waals surface area contributed by atoms with E-state index in [-0.39, 0.29) is 5.91 Å². The summed E-state index contributed by atoms with van der Waals surface area (Å²) in [6.45, 7) is 1.52. The molecule has 2 heterocycles. The number of para-hydroxylation sites is 1. The van der Waals surface area contributed by atoms with E-state index in [2.05, 4.69) is 10.4 Å². The van der Waals surface area contributed by atoms with Crippen molar-refractivity contribution in [1.82, 2.24) is 9.78 Å². The minimum Gasteiger partial charge on any atom is -0.311 e. The van der Waals surface area contributed by atoms with Gasteiger partial charge in [0.05, 0.1) is 11.4 Å². The lowest BCUT2D eigenvalue weighted by atomic mass is 10.2. The number of benzene rings is 1. The number of carbonyl (C=O) groups excluding carboxylic acids is 1. The number of fused-ring (bicyclic) bond motifs is 1. The van der Waals surface area contributed by atoms with Crippen molar-refractivity contribution in [1.29, 1.82) is 0 Å². The minimum atomic E-state index is -0.0632. The number of nitrogens with zero attached hydrogens (tertiary/aromatic N) is 2. The van der Waals surface area contributed by atoms with Gasteiger partial charge in [-0.25, -0.2) is 4.68 Å². The van der Waals surface area contributed by atoms with Gasteiger partial charge in [0.25, 0.3) is 0 Å². The maximum atomic E-state index is 11.3. The third-order valence-corrected chi connectivity index (χ3v) is 3.82. The zero-order chi connectivity index (χ0) is 12.5. The van der Waals surface area contributed by atoms with E-state index in [1.807, 2.05) is 46.8 Å². The van der Waals surface area contributed by atoms with Gasteiger partial charge in [-0.05, 0) is 12.1 Å². The smallest absolute Gasteiger partial charge is 0.222 e. The second-order valence-electron chi connectivity index (χ2n) is 4.20. The molecular weight excluding hydrogens is 246 g/mol. The molecule has 0 fully saturated rings. The number of hydrogen-bond donors (Lipinski definition) is 1. The Morgan fingerprint density at radius 3 is 2.83 bits per heavy atom. The van der Waals surface area contributed by atoms with Crippen LogP contribution in [0.1, 0.15) is 18.2 Å². The summed E-state index contributed by atoms with van der Waals surface area (Å²) in [7, 11) is 0. The zero-order valence-electron chi connectivity index (χ0n) is 10.0. The number of amides is 1. The van der Waals surface area contributed by atoms with Crippen molar-refractivity contribution < 1.29 is 4.79 Å². The molecule has 0 saturated carbocycles. The molecule has 1 N–H and O–H groups in total. The number of rotatable bonds is 2.